The van der Waals surface area contributed by atoms with Crippen molar-refractivity contribution in [3.05, 3.63) is 77.4 Å². The van der Waals surface area contributed by atoms with Gasteiger partial charge in [-0.25, -0.2) is 9.69 Å². The molecule has 0 aromatic heterocycles. The van der Waals surface area contributed by atoms with Crippen molar-refractivity contribution >= 4 is 40.4 Å². The zero-order valence-electron chi connectivity index (χ0n) is 15.9. The van der Waals surface area contributed by atoms with Gasteiger partial charge >= 0.3 is 6.03 Å². The summed E-state index contributed by atoms with van der Waals surface area (Å²) in [6, 6.07) is 17.5. The summed E-state index contributed by atoms with van der Waals surface area (Å²) in [4.78, 5) is 39.0. The van der Waals surface area contributed by atoms with Gasteiger partial charge in [0.15, 0.2) is 0 Å². The minimum absolute atomic E-state index is 0.138. The maximum atomic E-state index is 13.1. The van der Waals surface area contributed by atoms with Crippen LogP contribution in [0.3, 0.4) is 0 Å². The highest BCUT2D eigenvalue weighted by Crippen LogP contribution is 2.31. The number of nitrogens with zero attached hydrogens (tertiary/aromatic N) is 1. The maximum Gasteiger partial charge on any atom is 0.335 e. The molecule has 0 bridgehead atoms. The Balaban J connectivity index is 1.87. The first-order chi connectivity index (χ1) is 14.0. The molecule has 4 rings (SSSR count). The monoisotopic (exact) mass is 386 g/mol. The van der Waals surface area contributed by atoms with E-state index in [9.17, 15) is 14.4 Å². The number of hydrogen-bond donors (Lipinski definition) is 1. The van der Waals surface area contributed by atoms with Gasteiger partial charge in [-0.3, -0.25) is 14.9 Å². The lowest BCUT2D eigenvalue weighted by Gasteiger charge is -2.26. The molecule has 3 aromatic carbocycles. The van der Waals surface area contributed by atoms with Crippen molar-refractivity contribution < 1.29 is 19.1 Å². The molecular weight excluding hydrogens is 368 g/mol. The topological polar surface area (TPSA) is 75.7 Å². The van der Waals surface area contributed by atoms with Crippen LogP contribution < -0.4 is 15.0 Å². The molecule has 1 aliphatic rings. The quantitative estimate of drug-likeness (QED) is 0.548. The third-order valence-electron chi connectivity index (χ3n) is 4.80. The number of rotatable bonds is 3. The predicted molar refractivity (Wildman–Crippen MR) is 111 cm³/mol. The number of anilines is 1. The van der Waals surface area contributed by atoms with Crippen LogP contribution in [0.5, 0.6) is 5.75 Å². The molecule has 0 aliphatic carbocycles. The number of fused-ring (bicyclic) bond motifs is 1. The first-order valence-corrected chi connectivity index (χ1v) is 9.03. The summed E-state index contributed by atoms with van der Waals surface area (Å²) in [5, 5.41) is 4.02. The maximum absolute atomic E-state index is 13.1. The third kappa shape index (κ3) is 3.25. The number of amides is 4. The summed E-state index contributed by atoms with van der Waals surface area (Å²) in [7, 11) is 1.53. The molecule has 1 saturated heterocycles. The second-order valence-corrected chi connectivity index (χ2v) is 6.70. The summed E-state index contributed by atoms with van der Waals surface area (Å²) in [6.45, 7) is 1.86. The van der Waals surface area contributed by atoms with E-state index >= 15 is 0 Å². The Morgan fingerprint density at radius 3 is 2.52 bits per heavy atom. The molecular formula is C23H18N2O4. The second kappa shape index (κ2) is 7.24. The van der Waals surface area contributed by atoms with Gasteiger partial charge in [-0.2, -0.15) is 0 Å². The van der Waals surface area contributed by atoms with Crippen LogP contribution in [-0.4, -0.2) is 25.0 Å². The Bertz CT molecular complexity index is 1200. The van der Waals surface area contributed by atoms with E-state index in [2.05, 4.69) is 5.32 Å². The van der Waals surface area contributed by atoms with Gasteiger partial charge in [-0.1, -0.05) is 42.5 Å². The first kappa shape index (κ1) is 18.4. The van der Waals surface area contributed by atoms with Crippen molar-refractivity contribution in [3.8, 4) is 5.75 Å². The van der Waals surface area contributed by atoms with Gasteiger partial charge < -0.3 is 4.74 Å². The molecule has 6 nitrogen and oxygen atoms in total. The number of ether oxygens (including phenoxy) is 1. The number of barbiturate groups is 1. The van der Waals surface area contributed by atoms with Crippen molar-refractivity contribution in [2.75, 3.05) is 12.0 Å². The molecule has 144 valence electrons. The van der Waals surface area contributed by atoms with Crippen molar-refractivity contribution in [1.29, 1.82) is 0 Å². The molecule has 1 fully saturated rings. The number of methoxy groups -OCH3 is 1. The van der Waals surface area contributed by atoms with Crippen LogP contribution in [0.4, 0.5) is 10.5 Å². The summed E-state index contributed by atoms with van der Waals surface area (Å²) in [6.07, 6.45) is 1.48. The number of benzene rings is 3. The van der Waals surface area contributed by atoms with Gasteiger partial charge in [0, 0.05) is 5.56 Å². The van der Waals surface area contributed by atoms with E-state index in [1.54, 1.807) is 24.3 Å². The Labute approximate surface area is 167 Å². The number of imide groups is 2. The van der Waals surface area contributed by atoms with E-state index in [4.69, 9.17) is 4.74 Å². The lowest BCUT2D eigenvalue weighted by atomic mass is 9.99. The Kier molecular flexibility index (Phi) is 4.60. The fraction of sp³-hybridized carbons (Fsp3) is 0.0870. The minimum atomic E-state index is -0.771. The second-order valence-electron chi connectivity index (χ2n) is 6.70. The average Bonchev–Trinajstić information content (AvgIpc) is 2.71. The molecule has 4 amide bonds. The number of urea groups is 1. The smallest absolute Gasteiger partial charge is 0.335 e. The number of carbonyl (C=O) groups excluding carboxylic acids is 3. The molecule has 3 aromatic rings. The van der Waals surface area contributed by atoms with E-state index < -0.39 is 17.8 Å². The molecule has 1 aliphatic heterocycles. The number of nitrogens with one attached hydrogen (secondary N) is 1. The van der Waals surface area contributed by atoms with Crippen LogP contribution in [0.25, 0.3) is 16.8 Å². The van der Waals surface area contributed by atoms with Crippen LogP contribution in [0.15, 0.2) is 66.2 Å². The highest BCUT2D eigenvalue weighted by atomic mass is 16.5. The summed E-state index contributed by atoms with van der Waals surface area (Å²) < 4.78 is 5.45. The van der Waals surface area contributed by atoms with Crippen molar-refractivity contribution in [2.24, 2.45) is 0 Å². The van der Waals surface area contributed by atoms with Crippen molar-refractivity contribution in [2.45, 2.75) is 6.92 Å². The largest absolute Gasteiger partial charge is 0.496 e. The van der Waals surface area contributed by atoms with Gasteiger partial charge in [-0.15, -0.1) is 0 Å². The zero-order chi connectivity index (χ0) is 20.5. The van der Waals surface area contributed by atoms with E-state index in [0.29, 0.717) is 17.0 Å². The molecule has 0 unspecified atom stereocenters. The Morgan fingerprint density at radius 1 is 0.966 bits per heavy atom. The normalized spacial score (nSPS) is 15.7. The highest BCUT2D eigenvalue weighted by molar-refractivity contribution is 6.39. The zero-order valence-corrected chi connectivity index (χ0v) is 15.9. The number of aryl methyl sites for hydroxylation is 1. The fourth-order valence-corrected chi connectivity index (χ4v) is 3.41. The minimum Gasteiger partial charge on any atom is -0.496 e. The third-order valence-corrected chi connectivity index (χ3v) is 4.80. The van der Waals surface area contributed by atoms with Crippen LogP contribution in [0, 0.1) is 6.92 Å². The van der Waals surface area contributed by atoms with Gasteiger partial charge in [-0.05, 0) is 47.5 Å². The van der Waals surface area contributed by atoms with Crippen molar-refractivity contribution in [3.63, 3.8) is 0 Å². The molecule has 0 saturated carbocycles. The Morgan fingerprint density at radius 2 is 1.76 bits per heavy atom. The van der Waals surface area contributed by atoms with Crippen LogP contribution in [-0.2, 0) is 9.59 Å². The molecule has 6 heteroatoms. The van der Waals surface area contributed by atoms with Gasteiger partial charge in [0.05, 0.1) is 12.8 Å². The number of hydrogen-bond acceptors (Lipinski definition) is 4. The lowest BCUT2D eigenvalue weighted by molar-refractivity contribution is -0.122. The summed E-state index contributed by atoms with van der Waals surface area (Å²) in [5.74, 6) is -0.894. The molecule has 0 spiro atoms. The molecule has 1 heterocycles. The number of carbonyl (C=O) groups is 3. The van der Waals surface area contributed by atoms with Gasteiger partial charge in [0.25, 0.3) is 11.8 Å². The van der Waals surface area contributed by atoms with E-state index in [0.717, 1.165) is 21.2 Å². The SMILES string of the molecule is COc1ccc2ccccc2c1C=C1C(=O)NC(=O)N(c2cccc(C)c2)C1=O. The Hall–Kier alpha value is -3.93. The van der Waals surface area contributed by atoms with Gasteiger partial charge in [0.2, 0.25) is 0 Å². The predicted octanol–water partition coefficient (Wildman–Crippen LogP) is 3.82. The standard InChI is InChI=1S/C23H18N2O4/c1-14-6-5-8-16(12-14)25-22(27)19(21(26)24-23(25)28)13-18-17-9-4-3-7-15(17)10-11-20(18)29-2/h3-13H,1-2H3,(H,24,26,28). The van der Waals surface area contributed by atoms with Crippen molar-refractivity contribution in [1.82, 2.24) is 5.32 Å². The molecule has 0 atom stereocenters. The fourth-order valence-electron chi connectivity index (χ4n) is 3.41. The van der Waals surface area contributed by atoms with Crippen LogP contribution in [0.2, 0.25) is 0 Å². The van der Waals surface area contributed by atoms with Crippen LogP contribution in [0.1, 0.15) is 11.1 Å². The van der Waals surface area contributed by atoms with E-state index in [1.807, 2.05) is 43.3 Å². The summed E-state index contributed by atoms with van der Waals surface area (Å²) >= 11 is 0. The van der Waals surface area contributed by atoms with E-state index in [1.165, 1.54) is 13.2 Å². The highest BCUT2D eigenvalue weighted by Gasteiger charge is 2.37. The first-order valence-electron chi connectivity index (χ1n) is 9.03. The average molecular weight is 386 g/mol. The molecule has 0 radical (unpaired) electrons. The van der Waals surface area contributed by atoms with Gasteiger partial charge in [0.1, 0.15) is 11.3 Å². The van der Waals surface area contributed by atoms with E-state index in [-0.39, 0.29) is 5.57 Å². The molecule has 1 N–H and O–H groups in total. The molecule has 29 heavy (non-hydrogen) atoms. The van der Waals surface area contributed by atoms with Crippen LogP contribution >= 0.6 is 0 Å². The summed E-state index contributed by atoms with van der Waals surface area (Å²) in [5.41, 5.74) is 1.75. The lowest BCUT2D eigenvalue weighted by Crippen LogP contribution is -2.54.